The number of rotatable bonds is 7. The number of alkyl carbamates (subject to hydrolysis) is 1. The molecule has 0 aliphatic carbocycles. The summed E-state index contributed by atoms with van der Waals surface area (Å²) >= 11 is 0. The lowest BCUT2D eigenvalue weighted by Gasteiger charge is -2.19. The highest BCUT2D eigenvalue weighted by Crippen LogP contribution is 2.08. The Hall–Kier alpha value is -3.03. The summed E-state index contributed by atoms with van der Waals surface area (Å²) in [6, 6.07) is 9.94. The summed E-state index contributed by atoms with van der Waals surface area (Å²) in [7, 11) is 0. The summed E-state index contributed by atoms with van der Waals surface area (Å²) < 4.78 is 7.03. The van der Waals surface area contributed by atoms with Gasteiger partial charge in [-0.2, -0.15) is 5.10 Å². The Morgan fingerprint density at radius 1 is 1.14 bits per heavy atom. The van der Waals surface area contributed by atoms with Gasteiger partial charge in [-0.15, -0.1) is 0 Å². The maximum absolute atomic E-state index is 11.6. The van der Waals surface area contributed by atoms with E-state index in [1.807, 2.05) is 75.1 Å². The van der Waals surface area contributed by atoms with Gasteiger partial charge in [0, 0.05) is 31.4 Å². The minimum Gasteiger partial charge on any atom is -0.444 e. The van der Waals surface area contributed by atoms with Crippen molar-refractivity contribution in [2.45, 2.75) is 39.8 Å². The van der Waals surface area contributed by atoms with E-state index in [9.17, 15) is 4.79 Å². The average Bonchev–Trinajstić information content (AvgIpc) is 3.11. The number of aromatic nitrogens is 2. The van der Waals surface area contributed by atoms with Crippen LogP contribution in [0.15, 0.2) is 47.7 Å². The van der Waals surface area contributed by atoms with Gasteiger partial charge in [0.05, 0.1) is 18.4 Å². The topological polar surface area (TPSA) is 92.6 Å². The fraction of sp³-hybridized carbons (Fsp3) is 0.450. The minimum absolute atomic E-state index is 0.426. The molecule has 2 aromatic rings. The molecule has 1 aromatic carbocycles. The van der Waals surface area contributed by atoms with E-state index in [1.54, 1.807) is 0 Å². The Bertz CT molecular complexity index is 765. The molecular formula is C20H30N6O2. The number of hydrogen-bond acceptors (Lipinski definition) is 4. The van der Waals surface area contributed by atoms with Crippen molar-refractivity contribution in [2.75, 3.05) is 19.6 Å². The Morgan fingerprint density at radius 2 is 1.86 bits per heavy atom. The van der Waals surface area contributed by atoms with Crippen molar-refractivity contribution >= 4 is 12.1 Å². The molecule has 0 atom stereocenters. The summed E-state index contributed by atoms with van der Waals surface area (Å²) in [6.45, 7) is 9.72. The lowest BCUT2D eigenvalue weighted by atomic mass is 10.2. The zero-order chi connectivity index (χ0) is 20.4. The molecule has 0 unspecified atom stereocenters. The first kappa shape index (κ1) is 21.3. The van der Waals surface area contributed by atoms with E-state index in [2.05, 4.69) is 26.0 Å². The van der Waals surface area contributed by atoms with Crippen LogP contribution < -0.4 is 16.0 Å². The third-order valence-electron chi connectivity index (χ3n) is 3.51. The van der Waals surface area contributed by atoms with Crippen molar-refractivity contribution in [3.8, 4) is 5.69 Å². The zero-order valence-electron chi connectivity index (χ0n) is 17.0. The van der Waals surface area contributed by atoms with Crippen molar-refractivity contribution in [1.82, 2.24) is 25.7 Å². The number of guanidine groups is 1. The number of amides is 1. The van der Waals surface area contributed by atoms with E-state index < -0.39 is 11.7 Å². The van der Waals surface area contributed by atoms with Gasteiger partial charge in [-0.05, 0) is 39.8 Å². The number of nitrogens with zero attached hydrogens (tertiary/aromatic N) is 3. The van der Waals surface area contributed by atoms with Gasteiger partial charge in [0.15, 0.2) is 5.96 Å². The molecular weight excluding hydrogens is 356 g/mol. The predicted octanol–water partition coefficient (Wildman–Crippen LogP) is 2.45. The molecule has 0 fully saturated rings. The standard InChI is InChI=1S/C20H30N6O2/c1-5-21-18(22-11-12-23-19(27)28-20(2,3)4)24-13-16-14-25-26(15-16)17-9-7-6-8-10-17/h6-10,14-15H,5,11-13H2,1-4H3,(H,23,27)(H2,21,22,24). The van der Waals surface area contributed by atoms with Gasteiger partial charge in [0.25, 0.3) is 0 Å². The van der Waals surface area contributed by atoms with Crippen molar-refractivity contribution in [3.63, 3.8) is 0 Å². The van der Waals surface area contributed by atoms with Crippen molar-refractivity contribution in [1.29, 1.82) is 0 Å². The highest BCUT2D eigenvalue weighted by atomic mass is 16.6. The molecule has 8 nitrogen and oxygen atoms in total. The van der Waals surface area contributed by atoms with Crippen LogP contribution in [0.3, 0.4) is 0 Å². The van der Waals surface area contributed by atoms with Crippen molar-refractivity contribution in [3.05, 3.63) is 48.3 Å². The number of hydrogen-bond donors (Lipinski definition) is 3. The van der Waals surface area contributed by atoms with Gasteiger partial charge >= 0.3 is 6.09 Å². The molecule has 3 N–H and O–H groups in total. The first-order valence-electron chi connectivity index (χ1n) is 9.45. The number of ether oxygens (including phenoxy) is 1. The highest BCUT2D eigenvalue weighted by Gasteiger charge is 2.15. The van der Waals surface area contributed by atoms with E-state index in [1.165, 1.54) is 0 Å². The fourth-order valence-electron chi connectivity index (χ4n) is 2.34. The molecule has 0 radical (unpaired) electrons. The van der Waals surface area contributed by atoms with Gasteiger partial charge in [0.2, 0.25) is 0 Å². The van der Waals surface area contributed by atoms with E-state index in [-0.39, 0.29) is 0 Å². The monoisotopic (exact) mass is 386 g/mol. The summed E-state index contributed by atoms with van der Waals surface area (Å²) in [5, 5.41) is 13.5. The van der Waals surface area contributed by atoms with E-state index in [4.69, 9.17) is 4.74 Å². The Balaban J connectivity index is 1.82. The third kappa shape index (κ3) is 7.69. The lowest BCUT2D eigenvalue weighted by molar-refractivity contribution is 0.0529. The number of carbonyl (C=O) groups excluding carboxylic acids is 1. The van der Waals surface area contributed by atoms with Crippen molar-refractivity contribution < 1.29 is 9.53 Å². The Kier molecular flexibility index (Phi) is 7.86. The van der Waals surface area contributed by atoms with Gasteiger partial charge in [-0.1, -0.05) is 18.2 Å². The molecule has 8 heteroatoms. The normalized spacial score (nSPS) is 11.8. The van der Waals surface area contributed by atoms with Crippen LogP contribution in [-0.2, 0) is 11.3 Å². The largest absolute Gasteiger partial charge is 0.444 e. The summed E-state index contributed by atoms with van der Waals surface area (Å²) in [6.07, 6.45) is 3.35. The molecule has 0 aliphatic heterocycles. The van der Waals surface area contributed by atoms with E-state index in [0.717, 1.165) is 17.8 Å². The second kappa shape index (κ2) is 10.3. The van der Waals surface area contributed by atoms with Crippen LogP contribution in [0.1, 0.15) is 33.3 Å². The molecule has 0 aliphatic rings. The van der Waals surface area contributed by atoms with Crippen LogP contribution in [0.2, 0.25) is 0 Å². The molecule has 0 spiro atoms. The number of benzene rings is 1. The molecule has 0 bridgehead atoms. The minimum atomic E-state index is -0.502. The SMILES string of the molecule is CCNC(=NCc1cnn(-c2ccccc2)c1)NCCNC(=O)OC(C)(C)C. The molecule has 2 rings (SSSR count). The van der Waals surface area contributed by atoms with Crippen molar-refractivity contribution in [2.24, 2.45) is 4.99 Å². The molecule has 0 saturated heterocycles. The number of para-hydroxylation sites is 1. The quantitative estimate of drug-likeness (QED) is 0.386. The molecule has 1 aromatic heterocycles. The van der Waals surface area contributed by atoms with Crippen LogP contribution in [0.5, 0.6) is 0 Å². The number of aliphatic imine (C=N–C) groups is 1. The molecule has 1 heterocycles. The summed E-state index contributed by atoms with van der Waals surface area (Å²) in [4.78, 5) is 16.2. The van der Waals surface area contributed by atoms with Crippen LogP contribution in [0, 0.1) is 0 Å². The second-order valence-electron chi connectivity index (χ2n) is 7.18. The highest BCUT2D eigenvalue weighted by molar-refractivity contribution is 5.79. The zero-order valence-corrected chi connectivity index (χ0v) is 17.0. The van der Waals surface area contributed by atoms with Crippen LogP contribution in [0.4, 0.5) is 4.79 Å². The smallest absolute Gasteiger partial charge is 0.407 e. The Labute approximate surface area is 166 Å². The van der Waals surface area contributed by atoms with Gasteiger partial charge in [-0.3, -0.25) is 0 Å². The van der Waals surface area contributed by atoms with Gasteiger partial charge in [0.1, 0.15) is 5.60 Å². The maximum Gasteiger partial charge on any atom is 0.407 e. The molecule has 152 valence electrons. The molecule has 28 heavy (non-hydrogen) atoms. The fourth-order valence-corrected chi connectivity index (χ4v) is 2.34. The van der Waals surface area contributed by atoms with Crippen LogP contribution in [-0.4, -0.2) is 47.1 Å². The summed E-state index contributed by atoms with van der Waals surface area (Å²) in [5.74, 6) is 0.681. The van der Waals surface area contributed by atoms with Crippen LogP contribution >= 0.6 is 0 Å². The molecule has 1 amide bonds. The second-order valence-corrected chi connectivity index (χ2v) is 7.18. The first-order chi connectivity index (χ1) is 13.4. The van der Waals surface area contributed by atoms with Gasteiger partial charge < -0.3 is 20.7 Å². The number of nitrogens with one attached hydrogen (secondary N) is 3. The Morgan fingerprint density at radius 3 is 2.54 bits per heavy atom. The number of carbonyl (C=O) groups is 1. The lowest BCUT2D eigenvalue weighted by Crippen LogP contribution is -2.42. The summed E-state index contributed by atoms with van der Waals surface area (Å²) in [5.41, 5.74) is 1.52. The predicted molar refractivity (Wildman–Crippen MR) is 111 cm³/mol. The van der Waals surface area contributed by atoms with E-state index >= 15 is 0 Å². The molecule has 0 saturated carbocycles. The van der Waals surface area contributed by atoms with Crippen LogP contribution in [0.25, 0.3) is 5.69 Å². The van der Waals surface area contributed by atoms with E-state index in [0.29, 0.717) is 25.6 Å². The van der Waals surface area contributed by atoms with Gasteiger partial charge in [-0.25, -0.2) is 14.5 Å². The average molecular weight is 387 g/mol. The first-order valence-corrected chi connectivity index (χ1v) is 9.45. The maximum atomic E-state index is 11.6. The third-order valence-corrected chi connectivity index (χ3v) is 3.51.